The zero-order valence-corrected chi connectivity index (χ0v) is 16.4. The molecule has 0 radical (unpaired) electrons. The number of Topliss-reactive ketones (excluding diaryl/α,β-unsaturated/α-hetero) is 1. The lowest BCUT2D eigenvalue weighted by molar-refractivity contribution is -0.125. The molecule has 0 atom stereocenters. The number of nitriles is 1. The van der Waals surface area contributed by atoms with E-state index in [0.717, 1.165) is 34.2 Å². The average molecular weight is 407 g/mol. The number of amides is 1. The highest BCUT2D eigenvalue weighted by Crippen LogP contribution is 2.48. The van der Waals surface area contributed by atoms with Crippen molar-refractivity contribution in [2.45, 2.75) is 25.7 Å². The molecule has 0 saturated heterocycles. The molecule has 7 heteroatoms. The number of aromatic nitrogens is 1. The van der Waals surface area contributed by atoms with E-state index < -0.39 is 5.41 Å². The number of halogens is 1. The summed E-state index contributed by atoms with van der Waals surface area (Å²) < 4.78 is 14.4. The molecular formula is C22H18FN3O2S. The second-order valence-corrected chi connectivity index (χ2v) is 8.48. The average Bonchev–Trinajstić information content (AvgIpc) is 3.36. The fourth-order valence-electron chi connectivity index (χ4n) is 3.21. The van der Waals surface area contributed by atoms with Gasteiger partial charge in [-0.05, 0) is 48.2 Å². The zero-order chi connectivity index (χ0) is 20.4. The number of fused-ring (bicyclic) bond motifs is 1. The number of hydrogen-bond acceptors (Lipinski definition) is 5. The maximum absolute atomic E-state index is 13.5. The first kappa shape index (κ1) is 19.2. The molecule has 1 saturated carbocycles. The summed E-state index contributed by atoms with van der Waals surface area (Å²) in [6.45, 7) is -0.0587. The summed E-state index contributed by atoms with van der Waals surface area (Å²) in [5, 5.41) is 12.3. The van der Waals surface area contributed by atoms with Crippen molar-refractivity contribution in [1.82, 2.24) is 10.3 Å². The van der Waals surface area contributed by atoms with Gasteiger partial charge in [-0.25, -0.2) is 9.37 Å². The zero-order valence-electron chi connectivity index (χ0n) is 15.6. The van der Waals surface area contributed by atoms with E-state index in [1.807, 2.05) is 24.3 Å². The van der Waals surface area contributed by atoms with Crippen molar-refractivity contribution in [2.75, 3.05) is 6.54 Å². The summed E-state index contributed by atoms with van der Waals surface area (Å²) in [6.07, 6.45) is 1.80. The highest BCUT2D eigenvalue weighted by Gasteiger charge is 2.44. The maximum atomic E-state index is 13.5. The van der Waals surface area contributed by atoms with E-state index in [1.54, 1.807) is 6.07 Å². The summed E-state index contributed by atoms with van der Waals surface area (Å²) in [6, 6.07) is 14.2. The van der Waals surface area contributed by atoms with Gasteiger partial charge in [-0.3, -0.25) is 9.59 Å². The minimum atomic E-state index is -0.492. The first-order valence-corrected chi connectivity index (χ1v) is 10.1. The maximum Gasteiger partial charge on any atom is 0.227 e. The van der Waals surface area contributed by atoms with Gasteiger partial charge in [0.05, 0.1) is 34.7 Å². The van der Waals surface area contributed by atoms with Gasteiger partial charge in [0.1, 0.15) is 10.8 Å². The Bertz CT molecular complexity index is 1140. The highest BCUT2D eigenvalue weighted by molar-refractivity contribution is 7.18. The van der Waals surface area contributed by atoms with Crippen LogP contribution in [-0.2, 0) is 16.0 Å². The lowest BCUT2D eigenvalue weighted by Gasteiger charge is -2.06. The predicted molar refractivity (Wildman–Crippen MR) is 109 cm³/mol. The molecule has 3 aromatic rings. The first-order valence-electron chi connectivity index (χ1n) is 9.31. The lowest BCUT2D eigenvalue weighted by Crippen LogP contribution is -2.31. The van der Waals surface area contributed by atoms with Crippen molar-refractivity contribution in [3.8, 4) is 17.2 Å². The van der Waals surface area contributed by atoms with Crippen LogP contribution in [0.5, 0.6) is 0 Å². The van der Waals surface area contributed by atoms with Gasteiger partial charge in [0, 0.05) is 6.42 Å². The third kappa shape index (κ3) is 4.49. The van der Waals surface area contributed by atoms with Crippen LogP contribution in [0.15, 0.2) is 42.5 Å². The Morgan fingerprint density at radius 3 is 2.72 bits per heavy atom. The monoisotopic (exact) mass is 407 g/mol. The van der Waals surface area contributed by atoms with Crippen LogP contribution in [0, 0.1) is 22.6 Å². The molecule has 2 aromatic carbocycles. The Morgan fingerprint density at radius 2 is 2.00 bits per heavy atom. The fraction of sp³-hybridized carbons (Fsp3) is 0.273. The topological polar surface area (TPSA) is 82.9 Å². The van der Waals surface area contributed by atoms with E-state index >= 15 is 0 Å². The molecule has 0 unspecified atom stereocenters. The van der Waals surface area contributed by atoms with Crippen molar-refractivity contribution >= 4 is 33.2 Å². The Labute approximate surface area is 171 Å². The summed E-state index contributed by atoms with van der Waals surface area (Å²) >= 11 is 1.42. The van der Waals surface area contributed by atoms with Crippen molar-refractivity contribution in [2.24, 2.45) is 5.41 Å². The molecule has 1 aromatic heterocycles. The van der Waals surface area contributed by atoms with E-state index in [2.05, 4.69) is 16.4 Å². The van der Waals surface area contributed by atoms with Gasteiger partial charge in [-0.2, -0.15) is 5.26 Å². The van der Waals surface area contributed by atoms with Gasteiger partial charge in [-0.15, -0.1) is 11.3 Å². The van der Waals surface area contributed by atoms with E-state index in [9.17, 15) is 14.0 Å². The quantitative estimate of drug-likeness (QED) is 0.641. The van der Waals surface area contributed by atoms with Gasteiger partial charge < -0.3 is 5.32 Å². The normalized spacial score (nSPS) is 14.3. The first-order chi connectivity index (χ1) is 14.0. The van der Waals surface area contributed by atoms with Crippen molar-refractivity contribution in [3.63, 3.8) is 0 Å². The Balaban J connectivity index is 1.38. The minimum Gasteiger partial charge on any atom is -0.349 e. The molecule has 1 fully saturated rings. The van der Waals surface area contributed by atoms with Crippen LogP contribution < -0.4 is 5.32 Å². The Hall–Kier alpha value is -3.11. The van der Waals surface area contributed by atoms with Gasteiger partial charge >= 0.3 is 0 Å². The second-order valence-electron chi connectivity index (χ2n) is 7.36. The summed E-state index contributed by atoms with van der Waals surface area (Å²) in [5.74, 6) is -0.693. The fourth-order valence-corrected chi connectivity index (χ4v) is 4.16. The summed E-state index contributed by atoms with van der Waals surface area (Å²) in [4.78, 5) is 28.6. The van der Waals surface area contributed by atoms with E-state index in [4.69, 9.17) is 5.26 Å². The molecule has 29 heavy (non-hydrogen) atoms. The van der Waals surface area contributed by atoms with Gasteiger partial charge in [0.2, 0.25) is 5.91 Å². The van der Waals surface area contributed by atoms with Crippen LogP contribution in [0.3, 0.4) is 0 Å². The van der Waals surface area contributed by atoms with Crippen molar-refractivity contribution < 1.29 is 14.0 Å². The van der Waals surface area contributed by atoms with Crippen molar-refractivity contribution in [1.29, 1.82) is 5.26 Å². The molecule has 0 bridgehead atoms. The number of rotatable bonds is 7. The number of thiazole rings is 1. The van der Waals surface area contributed by atoms with Crippen LogP contribution in [0.1, 0.15) is 24.3 Å². The number of ketones is 1. The van der Waals surface area contributed by atoms with Gasteiger partial charge in [-0.1, -0.05) is 18.2 Å². The molecule has 0 aliphatic heterocycles. The van der Waals surface area contributed by atoms with E-state index in [1.165, 1.54) is 23.5 Å². The Kier molecular flexibility index (Phi) is 5.12. The number of benzene rings is 2. The second kappa shape index (κ2) is 7.72. The predicted octanol–water partition coefficient (Wildman–Crippen LogP) is 4.02. The lowest BCUT2D eigenvalue weighted by atomic mass is 10.0. The van der Waals surface area contributed by atoms with Crippen LogP contribution >= 0.6 is 11.3 Å². The molecule has 4 rings (SSSR count). The SMILES string of the molecule is N#CC1(CC(=O)CNC(=O)Cc2nc3cc(-c4cccc(F)c4)ccc3s2)CC1. The van der Waals surface area contributed by atoms with Gasteiger partial charge in [0.15, 0.2) is 5.78 Å². The van der Waals surface area contributed by atoms with E-state index in [-0.39, 0.29) is 36.9 Å². The molecule has 1 heterocycles. The van der Waals surface area contributed by atoms with Gasteiger partial charge in [0.25, 0.3) is 0 Å². The summed E-state index contributed by atoms with van der Waals surface area (Å²) in [5.41, 5.74) is 1.88. The van der Waals surface area contributed by atoms with Crippen LogP contribution in [-0.4, -0.2) is 23.2 Å². The highest BCUT2D eigenvalue weighted by atomic mass is 32.1. The number of carbonyl (C=O) groups excluding carboxylic acids is 2. The Morgan fingerprint density at radius 1 is 1.21 bits per heavy atom. The molecule has 1 aliphatic carbocycles. The third-order valence-electron chi connectivity index (χ3n) is 5.01. The van der Waals surface area contributed by atoms with Crippen LogP contribution in [0.4, 0.5) is 4.39 Å². The number of hydrogen-bond donors (Lipinski definition) is 1. The molecule has 1 amide bonds. The molecule has 1 N–H and O–H groups in total. The van der Waals surface area contributed by atoms with Crippen LogP contribution in [0.25, 0.3) is 21.3 Å². The van der Waals surface area contributed by atoms with E-state index in [0.29, 0.717) is 5.01 Å². The smallest absolute Gasteiger partial charge is 0.227 e. The van der Waals surface area contributed by atoms with Crippen LogP contribution in [0.2, 0.25) is 0 Å². The minimum absolute atomic E-state index is 0.0587. The standard InChI is InChI=1S/C22H18FN3O2S/c23-16-3-1-2-14(8-16)15-4-5-19-18(9-15)26-21(29-19)10-20(28)25-12-17(27)11-22(13-24)6-7-22/h1-5,8-9H,6-7,10-12H2,(H,25,28). The molecule has 5 nitrogen and oxygen atoms in total. The number of carbonyl (C=O) groups is 2. The summed E-state index contributed by atoms with van der Waals surface area (Å²) in [7, 11) is 0. The number of nitrogens with one attached hydrogen (secondary N) is 1. The number of nitrogens with zero attached hydrogens (tertiary/aromatic N) is 2. The largest absolute Gasteiger partial charge is 0.349 e. The molecule has 146 valence electrons. The molecule has 1 aliphatic rings. The third-order valence-corrected chi connectivity index (χ3v) is 6.05. The molecular weight excluding hydrogens is 389 g/mol. The molecule has 0 spiro atoms. The van der Waals surface area contributed by atoms with Crippen molar-refractivity contribution in [3.05, 3.63) is 53.3 Å².